The number of hydrogen-bond acceptors (Lipinski definition) is 5. The van der Waals surface area contributed by atoms with E-state index in [1.807, 2.05) is 0 Å². The van der Waals surface area contributed by atoms with Gasteiger partial charge in [0.2, 0.25) is 0 Å². The molecule has 6 heteroatoms. The molecule has 0 aromatic carbocycles. The second-order valence-electron chi connectivity index (χ2n) is 14.2. The molecule has 0 aliphatic heterocycles. The topological polar surface area (TPSA) is 104 Å². The summed E-state index contributed by atoms with van der Waals surface area (Å²) in [5.74, 6) is -2.61. The minimum atomic E-state index is -2.39. The second kappa shape index (κ2) is 33.7. The van der Waals surface area contributed by atoms with Crippen molar-refractivity contribution >= 4 is 11.9 Å². The molecule has 2 atom stereocenters. The molecule has 0 rings (SSSR count). The lowest BCUT2D eigenvalue weighted by Crippen LogP contribution is -2.54. The van der Waals surface area contributed by atoms with Crippen LogP contribution in [-0.4, -0.2) is 45.6 Å². The van der Waals surface area contributed by atoms with Crippen molar-refractivity contribution in [3.05, 3.63) is 0 Å². The summed E-state index contributed by atoms with van der Waals surface area (Å²) in [4.78, 5) is 24.1. The Kier molecular flexibility index (Phi) is 32.9. The Labute approximate surface area is 285 Å². The van der Waals surface area contributed by atoms with Gasteiger partial charge in [-0.1, -0.05) is 206 Å². The first-order valence-electron chi connectivity index (χ1n) is 20.2. The number of aliphatic hydroxyl groups is 2. The third-order valence-electron chi connectivity index (χ3n) is 9.68. The van der Waals surface area contributed by atoms with Crippen molar-refractivity contribution in [1.82, 2.24) is 0 Å². The van der Waals surface area contributed by atoms with Gasteiger partial charge < -0.3 is 20.1 Å². The number of esters is 1. The van der Waals surface area contributed by atoms with Crippen molar-refractivity contribution in [1.29, 1.82) is 0 Å². The number of aliphatic carboxylic acids is 1. The van der Waals surface area contributed by atoms with E-state index in [9.17, 15) is 24.9 Å². The molecule has 46 heavy (non-hydrogen) atoms. The van der Waals surface area contributed by atoms with E-state index in [2.05, 4.69) is 13.8 Å². The number of unbranched alkanes of at least 4 members (excludes halogenated alkanes) is 30. The zero-order valence-corrected chi connectivity index (χ0v) is 30.7. The van der Waals surface area contributed by atoms with Crippen LogP contribution in [0.25, 0.3) is 0 Å². The monoisotopic (exact) mass is 655 g/mol. The van der Waals surface area contributed by atoms with Crippen LogP contribution in [-0.2, 0) is 14.3 Å². The molecule has 0 amide bonds. The Morgan fingerprint density at radius 2 is 0.739 bits per heavy atom. The number of carbonyl (C=O) groups is 2. The average Bonchev–Trinajstić information content (AvgIpc) is 3.05. The van der Waals surface area contributed by atoms with E-state index in [4.69, 9.17) is 4.74 Å². The Balaban J connectivity index is 3.85. The molecule has 6 nitrogen and oxygen atoms in total. The van der Waals surface area contributed by atoms with E-state index in [0.717, 1.165) is 32.1 Å². The summed E-state index contributed by atoms with van der Waals surface area (Å²) in [5.41, 5.74) is -2.39. The molecule has 0 bridgehead atoms. The first kappa shape index (κ1) is 44.9. The van der Waals surface area contributed by atoms with Crippen LogP contribution >= 0.6 is 0 Å². The van der Waals surface area contributed by atoms with Crippen LogP contribution < -0.4 is 0 Å². The molecular weight excluding hydrogens is 576 g/mol. The summed E-state index contributed by atoms with van der Waals surface area (Å²) in [6.45, 7) is 4.67. The Morgan fingerprint density at radius 3 is 1.02 bits per heavy atom. The highest BCUT2D eigenvalue weighted by atomic mass is 16.6. The summed E-state index contributed by atoms with van der Waals surface area (Å²) in [6, 6.07) is 0. The predicted octanol–water partition coefficient (Wildman–Crippen LogP) is 11.6. The van der Waals surface area contributed by atoms with Gasteiger partial charge in [-0.25, -0.2) is 9.59 Å². The van der Waals surface area contributed by atoms with Crippen molar-refractivity contribution in [3.63, 3.8) is 0 Å². The molecule has 0 radical (unpaired) electrons. The van der Waals surface area contributed by atoms with Gasteiger partial charge in [-0.05, 0) is 19.3 Å². The Bertz CT molecular complexity index is 668. The average molecular weight is 655 g/mol. The molecule has 274 valence electrons. The van der Waals surface area contributed by atoms with Crippen molar-refractivity contribution in [3.8, 4) is 0 Å². The SMILES string of the molecule is CCCCCCCCCCCCCCCCCCOC(=O)C(O)(CCCCCCCCCCCCCCCCCC)C(O)C(=O)O. The van der Waals surface area contributed by atoms with Gasteiger partial charge in [0.25, 0.3) is 0 Å². The zero-order chi connectivity index (χ0) is 34.0. The molecule has 0 saturated heterocycles. The van der Waals surface area contributed by atoms with E-state index >= 15 is 0 Å². The van der Waals surface area contributed by atoms with Gasteiger partial charge >= 0.3 is 11.9 Å². The highest BCUT2D eigenvalue weighted by molar-refractivity contribution is 5.88. The molecular formula is C40H78O6. The molecule has 0 heterocycles. The Morgan fingerprint density at radius 1 is 0.478 bits per heavy atom. The molecule has 0 spiro atoms. The lowest BCUT2D eigenvalue weighted by atomic mass is 9.89. The molecule has 0 aromatic rings. The largest absolute Gasteiger partial charge is 0.479 e. The summed E-state index contributed by atoms with van der Waals surface area (Å²) in [6.07, 6.45) is 37.1. The zero-order valence-electron chi connectivity index (χ0n) is 30.7. The van der Waals surface area contributed by atoms with E-state index in [0.29, 0.717) is 12.8 Å². The van der Waals surface area contributed by atoms with Gasteiger partial charge in [0, 0.05) is 0 Å². The fourth-order valence-corrected chi connectivity index (χ4v) is 6.44. The number of carboxylic acid groups (broad SMARTS) is 1. The van der Waals surface area contributed by atoms with Crippen LogP contribution in [0.1, 0.15) is 226 Å². The third kappa shape index (κ3) is 26.9. The van der Waals surface area contributed by atoms with E-state index in [1.54, 1.807) is 0 Å². The molecule has 0 saturated carbocycles. The van der Waals surface area contributed by atoms with Crippen LogP contribution in [0.5, 0.6) is 0 Å². The number of carboxylic acids is 1. The molecule has 0 fully saturated rings. The maximum atomic E-state index is 12.7. The van der Waals surface area contributed by atoms with Crippen molar-refractivity contribution in [2.75, 3.05) is 6.61 Å². The van der Waals surface area contributed by atoms with Gasteiger partial charge in [-0.3, -0.25) is 0 Å². The van der Waals surface area contributed by atoms with Crippen LogP contribution in [0, 0.1) is 0 Å². The quantitative estimate of drug-likeness (QED) is 0.0455. The first-order valence-corrected chi connectivity index (χ1v) is 20.2. The van der Waals surface area contributed by atoms with Crippen molar-refractivity contribution in [2.45, 2.75) is 237 Å². The van der Waals surface area contributed by atoms with Crippen molar-refractivity contribution < 1.29 is 29.6 Å². The van der Waals surface area contributed by atoms with Gasteiger partial charge in [0.15, 0.2) is 11.7 Å². The van der Waals surface area contributed by atoms with Crippen LogP contribution in [0.3, 0.4) is 0 Å². The molecule has 0 aliphatic rings. The second-order valence-corrected chi connectivity index (χ2v) is 14.2. The summed E-state index contributed by atoms with van der Waals surface area (Å²) >= 11 is 0. The fourth-order valence-electron chi connectivity index (χ4n) is 6.44. The van der Waals surface area contributed by atoms with Gasteiger partial charge in [0.1, 0.15) is 0 Å². The number of rotatable bonds is 37. The summed E-state index contributed by atoms with van der Waals surface area (Å²) in [5, 5.41) is 30.3. The summed E-state index contributed by atoms with van der Waals surface area (Å²) in [7, 11) is 0. The lowest BCUT2D eigenvalue weighted by Gasteiger charge is -2.28. The van der Waals surface area contributed by atoms with Crippen LogP contribution in [0.4, 0.5) is 0 Å². The van der Waals surface area contributed by atoms with E-state index < -0.39 is 23.6 Å². The Hall–Kier alpha value is -1.14. The number of hydrogen-bond donors (Lipinski definition) is 3. The lowest BCUT2D eigenvalue weighted by molar-refractivity contribution is -0.189. The fraction of sp³-hybridized carbons (Fsp3) is 0.950. The number of carbonyl (C=O) groups excluding carboxylic acids is 1. The predicted molar refractivity (Wildman–Crippen MR) is 193 cm³/mol. The van der Waals surface area contributed by atoms with Crippen LogP contribution in [0.2, 0.25) is 0 Å². The number of aliphatic hydroxyl groups excluding tert-OH is 1. The minimum Gasteiger partial charge on any atom is -0.479 e. The van der Waals surface area contributed by atoms with Gasteiger partial charge in [0.05, 0.1) is 6.61 Å². The summed E-state index contributed by atoms with van der Waals surface area (Å²) < 4.78 is 5.26. The maximum Gasteiger partial charge on any atom is 0.341 e. The van der Waals surface area contributed by atoms with Gasteiger partial charge in [-0.15, -0.1) is 0 Å². The molecule has 0 aromatic heterocycles. The van der Waals surface area contributed by atoms with Gasteiger partial charge in [-0.2, -0.15) is 0 Å². The normalized spacial score (nSPS) is 13.5. The molecule has 2 unspecified atom stereocenters. The van der Waals surface area contributed by atoms with E-state index in [1.165, 1.54) is 161 Å². The highest BCUT2D eigenvalue weighted by Gasteiger charge is 2.48. The highest BCUT2D eigenvalue weighted by Crippen LogP contribution is 2.24. The maximum absolute atomic E-state index is 12.7. The smallest absolute Gasteiger partial charge is 0.341 e. The first-order chi connectivity index (χ1) is 22.4. The standard InChI is InChI=1S/C40H78O6/c1-3-5-7-9-11-13-15-17-19-21-23-25-27-29-31-33-35-40(45,37(41)38(42)43)39(44)46-36-34-32-30-28-26-24-22-20-18-16-14-12-10-8-6-4-2/h37,41,45H,3-36H2,1-2H3,(H,42,43). The number of ether oxygens (including phenoxy) is 1. The van der Waals surface area contributed by atoms with Crippen molar-refractivity contribution in [2.24, 2.45) is 0 Å². The minimum absolute atomic E-state index is 0.100. The van der Waals surface area contributed by atoms with E-state index in [-0.39, 0.29) is 13.0 Å². The molecule has 0 aliphatic carbocycles. The third-order valence-corrected chi connectivity index (χ3v) is 9.68. The molecule has 3 N–H and O–H groups in total. The van der Waals surface area contributed by atoms with Crippen LogP contribution in [0.15, 0.2) is 0 Å².